The molecule has 2 nitrogen and oxygen atoms in total. The summed E-state index contributed by atoms with van der Waals surface area (Å²) in [6.07, 6.45) is 0. The average Bonchev–Trinajstić information content (AvgIpc) is 2.80. The third-order valence-corrected chi connectivity index (χ3v) is 4.42. The first-order valence-corrected chi connectivity index (χ1v) is 6.94. The third kappa shape index (κ3) is 2.17. The predicted molar refractivity (Wildman–Crippen MR) is 79.8 cm³/mol. The molecule has 1 aromatic heterocycles. The summed E-state index contributed by atoms with van der Waals surface area (Å²) >= 11 is 1.47. The molecule has 0 aliphatic heterocycles. The van der Waals surface area contributed by atoms with Gasteiger partial charge in [0.1, 0.15) is 5.01 Å². The second-order valence-corrected chi connectivity index (χ2v) is 5.55. The number of aromatic nitrogens is 1. The Bertz CT molecular complexity index is 773. The first-order chi connectivity index (χ1) is 9.15. The van der Waals surface area contributed by atoms with E-state index in [4.69, 9.17) is 0 Å². The van der Waals surface area contributed by atoms with Crippen LogP contribution in [-0.2, 0) is 0 Å². The summed E-state index contributed by atoms with van der Waals surface area (Å²) in [4.78, 5) is 16.8. The molecule has 0 spiro atoms. The fourth-order valence-corrected chi connectivity index (χ4v) is 3.13. The van der Waals surface area contributed by atoms with Crippen LogP contribution >= 0.6 is 11.3 Å². The van der Waals surface area contributed by atoms with E-state index in [9.17, 15) is 4.79 Å². The molecule has 3 heteroatoms. The molecule has 0 aliphatic rings. The first-order valence-electron chi connectivity index (χ1n) is 6.12. The summed E-state index contributed by atoms with van der Waals surface area (Å²) in [5, 5.41) is 3.32. The highest BCUT2D eigenvalue weighted by Gasteiger charge is 2.12. The number of Topliss-reactive ketones (excluding diaryl/α,β-unsaturated/α-hetero) is 1. The summed E-state index contributed by atoms with van der Waals surface area (Å²) in [7, 11) is 0. The van der Waals surface area contributed by atoms with Gasteiger partial charge in [0.25, 0.3) is 0 Å². The number of carbonyl (C=O) groups is 1. The van der Waals surface area contributed by atoms with Crippen molar-refractivity contribution in [2.45, 2.75) is 13.8 Å². The summed E-state index contributed by atoms with van der Waals surface area (Å²) in [5.41, 5.74) is 1.89. The van der Waals surface area contributed by atoms with Gasteiger partial charge in [-0.15, -0.1) is 11.3 Å². The Kier molecular flexibility index (Phi) is 2.91. The zero-order chi connectivity index (χ0) is 13.4. The van der Waals surface area contributed by atoms with E-state index >= 15 is 0 Å². The van der Waals surface area contributed by atoms with Crippen molar-refractivity contribution in [3.63, 3.8) is 0 Å². The number of hydrogen-bond donors (Lipinski definition) is 0. The lowest BCUT2D eigenvalue weighted by atomic mass is 10.1. The molecule has 0 saturated heterocycles. The number of aryl methyl sites for hydroxylation is 1. The van der Waals surface area contributed by atoms with Crippen LogP contribution in [-0.4, -0.2) is 10.8 Å². The fourth-order valence-electron chi connectivity index (χ4n) is 2.17. The van der Waals surface area contributed by atoms with Crippen molar-refractivity contribution < 1.29 is 4.79 Å². The van der Waals surface area contributed by atoms with E-state index < -0.39 is 0 Å². The van der Waals surface area contributed by atoms with Crippen LogP contribution in [0.1, 0.15) is 22.3 Å². The Morgan fingerprint density at radius 3 is 2.53 bits per heavy atom. The SMILES string of the molecule is CC(=O)c1sc(-c2ccc3ccccc3c2)nc1C. The van der Waals surface area contributed by atoms with Crippen molar-refractivity contribution in [3.8, 4) is 10.6 Å². The van der Waals surface area contributed by atoms with E-state index in [1.807, 2.05) is 19.1 Å². The highest BCUT2D eigenvalue weighted by molar-refractivity contribution is 7.17. The maximum atomic E-state index is 11.5. The molecule has 0 fully saturated rings. The Morgan fingerprint density at radius 1 is 1.11 bits per heavy atom. The standard InChI is InChI=1S/C16H13NOS/c1-10-15(11(2)18)19-16(17-10)14-8-7-12-5-3-4-6-13(12)9-14/h3-9H,1-2H3. The highest BCUT2D eigenvalue weighted by Crippen LogP contribution is 2.30. The largest absolute Gasteiger partial charge is 0.294 e. The first kappa shape index (κ1) is 12.1. The van der Waals surface area contributed by atoms with Crippen LogP contribution in [0.25, 0.3) is 21.3 Å². The number of nitrogens with zero attached hydrogens (tertiary/aromatic N) is 1. The Morgan fingerprint density at radius 2 is 1.84 bits per heavy atom. The second-order valence-electron chi connectivity index (χ2n) is 4.55. The topological polar surface area (TPSA) is 30.0 Å². The monoisotopic (exact) mass is 267 g/mol. The number of fused-ring (bicyclic) bond motifs is 1. The predicted octanol–water partition coefficient (Wildman–Crippen LogP) is 4.47. The molecule has 2 aromatic carbocycles. The van der Waals surface area contributed by atoms with Gasteiger partial charge >= 0.3 is 0 Å². The third-order valence-electron chi connectivity index (χ3n) is 3.11. The van der Waals surface area contributed by atoms with Crippen molar-refractivity contribution >= 4 is 27.9 Å². The molecule has 3 rings (SSSR count). The Hall–Kier alpha value is -2.00. The van der Waals surface area contributed by atoms with Gasteiger partial charge in [0.2, 0.25) is 0 Å². The van der Waals surface area contributed by atoms with Crippen molar-refractivity contribution in [3.05, 3.63) is 53.0 Å². The lowest BCUT2D eigenvalue weighted by Gasteiger charge is -2.00. The van der Waals surface area contributed by atoms with Crippen molar-refractivity contribution in [1.82, 2.24) is 4.98 Å². The maximum Gasteiger partial charge on any atom is 0.171 e. The molecule has 3 aromatic rings. The van der Waals surface area contributed by atoms with Gasteiger partial charge in [0.05, 0.1) is 10.6 Å². The van der Waals surface area contributed by atoms with E-state index in [1.165, 1.54) is 22.1 Å². The van der Waals surface area contributed by atoms with Crippen molar-refractivity contribution in [2.24, 2.45) is 0 Å². The average molecular weight is 267 g/mol. The number of ketones is 1. The van der Waals surface area contributed by atoms with Crippen LogP contribution in [0.3, 0.4) is 0 Å². The van der Waals surface area contributed by atoms with E-state index in [0.717, 1.165) is 21.1 Å². The molecule has 0 N–H and O–H groups in total. The molecule has 0 amide bonds. The molecule has 1 heterocycles. The lowest BCUT2D eigenvalue weighted by molar-refractivity contribution is 0.102. The summed E-state index contributed by atoms with van der Waals surface area (Å²) in [6, 6.07) is 14.5. The Balaban J connectivity index is 2.13. The van der Waals surface area contributed by atoms with Gasteiger partial charge in [-0.25, -0.2) is 4.98 Å². The zero-order valence-electron chi connectivity index (χ0n) is 10.8. The van der Waals surface area contributed by atoms with Crippen LogP contribution in [0.2, 0.25) is 0 Å². The molecule has 94 valence electrons. The minimum Gasteiger partial charge on any atom is -0.294 e. The van der Waals surface area contributed by atoms with Gasteiger partial charge < -0.3 is 0 Å². The minimum absolute atomic E-state index is 0.0852. The van der Waals surface area contributed by atoms with Gasteiger partial charge in [0.15, 0.2) is 5.78 Å². The molecule has 0 atom stereocenters. The number of thiazole rings is 1. The van der Waals surface area contributed by atoms with E-state index in [2.05, 4.69) is 35.3 Å². The van der Waals surface area contributed by atoms with Gasteiger partial charge in [-0.2, -0.15) is 0 Å². The fraction of sp³-hybridized carbons (Fsp3) is 0.125. The molecule has 0 radical (unpaired) electrons. The number of rotatable bonds is 2. The lowest BCUT2D eigenvalue weighted by Crippen LogP contribution is -1.89. The van der Waals surface area contributed by atoms with E-state index in [1.54, 1.807) is 6.92 Å². The molecule has 0 saturated carbocycles. The summed E-state index contributed by atoms with van der Waals surface area (Å²) in [5.74, 6) is 0.0852. The summed E-state index contributed by atoms with van der Waals surface area (Å²) in [6.45, 7) is 3.47. The number of hydrogen-bond acceptors (Lipinski definition) is 3. The molecule has 0 bridgehead atoms. The molecular formula is C16H13NOS. The van der Waals surface area contributed by atoms with E-state index in [0.29, 0.717) is 0 Å². The van der Waals surface area contributed by atoms with Crippen LogP contribution in [0.15, 0.2) is 42.5 Å². The Labute approximate surface area is 115 Å². The van der Waals surface area contributed by atoms with Gasteiger partial charge in [0, 0.05) is 12.5 Å². The molecule has 19 heavy (non-hydrogen) atoms. The van der Waals surface area contributed by atoms with Gasteiger partial charge in [-0.1, -0.05) is 36.4 Å². The van der Waals surface area contributed by atoms with Gasteiger partial charge in [-0.3, -0.25) is 4.79 Å². The second kappa shape index (κ2) is 4.59. The zero-order valence-corrected chi connectivity index (χ0v) is 11.6. The van der Waals surface area contributed by atoms with Crippen molar-refractivity contribution in [2.75, 3.05) is 0 Å². The molecule has 0 unspecified atom stereocenters. The van der Waals surface area contributed by atoms with Crippen LogP contribution in [0.5, 0.6) is 0 Å². The van der Waals surface area contributed by atoms with Crippen LogP contribution in [0, 0.1) is 6.92 Å². The van der Waals surface area contributed by atoms with Crippen molar-refractivity contribution in [1.29, 1.82) is 0 Å². The van der Waals surface area contributed by atoms with E-state index in [-0.39, 0.29) is 5.78 Å². The van der Waals surface area contributed by atoms with Crippen LogP contribution < -0.4 is 0 Å². The molecule has 0 aliphatic carbocycles. The normalized spacial score (nSPS) is 10.8. The number of benzene rings is 2. The maximum absolute atomic E-state index is 11.5. The number of carbonyl (C=O) groups excluding carboxylic acids is 1. The van der Waals surface area contributed by atoms with Gasteiger partial charge in [-0.05, 0) is 23.8 Å². The summed E-state index contributed by atoms with van der Waals surface area (Å²) < 4.78 is 0. The molecular weight excluding hydrogens is 254 g/mol. The smallest absolute Gasteiger partial charge is 0.171 e. The van der Waals surface area contributed by atoms with Crippen LogP contribution in [0.4, 0.5) is 0 Å². The quantitative estimate of drug-likeness (QED) is 0.641. The minimum atomic E-state index is 0.0852. The highest BCUT2D eigenvalue weighted by atomic mass is 32.1.